The molecule has 0 aliphatic carbocycles. The van der Waals surface area contributed by atoms with Gasteiger partial charge >= 0.3 is 0 Å². The standard InChI is InChI=1S/C26H23N5O3/c1-15-6-9-20-19(11-15)23-22(25(34-20)18-8-7-17(32-2)12-21(18)33-3)24(16-5-4-10-27-13-16)31-26(30-23)28-14-29-31/h4-14,24-25H,1-3H3,(H,28,29,30)/t24-,25-/m0/s1. The van der Waals surface area contributed by atoms with Crippen LogP contribution in [0.2, 0.25) is 0 Å². The molecule has 0 saturated carbocycles. The maximum absolute atomic E-state index is 6.70. The molecule has 6 rings (SSSR count). The van der Waals surface area contributed by atoms with Crippen LogP contribution in [0, 0.1) is 6.92 Å². The molecule has 2 aromatic heterocycles. The van der Waals surface area contributed by atoms with Crippen LogP contribution in [0.4, 0.5) is 5.95 Å². The van der Waals surface area contributed by atoms with Crippen LogP contribution < -0.4 is 19.5 Å². The van der Waals surface area contributed by atoms with Crippen molar-refractivity contribution < 1.29 is 14.2 Å². The van der Waals surface area contributed by atoms with Gasteiger partial charge in [0, 0.05) is 35.2 Å². The average Bonchev–Trinajstić information content (AvgIpc) is 3.35. The van der Waals surface area contributed by atoms with E-state index in [0.29, 0.717) is 17.4 Å². The number of hydrogen-bond acceptors (Lipinski definition) is 7. The van der Waals surface area contributed by atoms with Gasteiger partial charge in [-0.25, -0.2) is 4.68 Å². The van der Waals surface area contributed by atoms with E-state index in [9.17, 15) is 0 Å². The molecular formula is C26H23N5O3. The second kappa shape index (κ2) is 7.91. The van der Waals surface area contributed by atoms with E-state index in [1.54, 1.807) is 26.7 Å². The van der Waals surface area contributed by atoms with Crippen LogP contribution in [0.15, 0.2) is 72.8 Å². The highest BCUT2D eigenvalue weighted by Gasteiger charge is 2.42. The summed E-state index contributed by atoms with van der Waals surface area (Å²) >= 11 is 0. The van der Waals surface area contributed by atoms with E-state index < -0.39 is 6.10 Å². The minimum absolute atomic E-state index is 0.270. The molecule has 0 unspecified atom stereocenters. The van der Waals surface area contributed by atoms with Gasteiger partial charge in [-0.3, -0.25) is 4.98 Å². The number of benzene rings is 2. The summed E-state index contributed by atoms with van der Waals surface area (Å²) in [6, 6.07) is 15.7. The third kappa shape index (κ3) is 3.10. The van der Waals surface area contributed by atoms with E-state index in [2.05, 4.69) is 39.4 Å². The Morgan fingerprint density at radius 1 is 1.06 bits per heavy atom. The average molecular weight is 454 g/mol. The molecule has 8 heteroatoms. The van der Waals surface area contributed by atoms with Gasteiger partial charge in [0.25, 0.3) is 0 Å². The van der Waals surface area contributed by atoms with Crippen LogP contribution in [-0.2, 0) is 0 Å². The van der Waals surface area contributed by atoms with Crippen LogP contribution in [0.3, 0.4) is 0 Å². The number of nitrogens with one attached hydrogen (secondary N) is 1. The van der Waals surface area contributed by atoms with E-state index >= 15 is 0 Å². The number of methoxy groups -OCH3 is 2. The first-order valence-corrected chi connectivity index (χ1v) is 11.0. The van der Waals surface area contributed by atoms with Crippen LogP contribution in [-0.4, -0.2) is 34.0 Å². The molecule has 170 valence electrons. The molecule has 0 bridgehead atoms. The quantitative estimate of drug-likeness (QED) is 0.485. The van der Waals surface area contributed by atoms with Crippen molar-refractivity contribution in [2.45, 2.75) is 19.1 Å². The van der Waals surface area contributed by atoms with Gasteiger partial charge in [0.05, 0.1) is 19.9 Å². The molecule has 2 aromatic carbocycles. The fourth-order valence-electron chi connectivity index (χ4n) is 4.74. The SMILES string of the molecule is COc1ccc([C@@H]2Oc3ccc(C)cc3C3=C2[C@H](c2cccnc2)n2ncnc2N3)c(OC)c1. The summed E-state index contributed by atoms with van der Waals surface area (Å²) in [5.74, 6) is 2.85. The fourth-order valence-corrected chi connectivity index (χ4v) is 4.74. The first-order chi connectivity index (χ1) is 16.7. The molecule has 1 N–H and O–H groups in total. The van der Waals surface area contributed by atoms with Crippen LogP contribution >= 0.6 is 0 Å². The third-order valence-electron chi connectivity index (χ3n) is 6.29. The van der Waals surface area contributed by atoms with Crippen molar-refractivity contribution in [2.24, 2.45) is 0 Å². The van der Waals surface area contributed by atoms with Crippen molar-refractivity contribution in [2.75, 3.05) is 19.5 Å². The predicted octanol–water partition coefficient (Wildman–Crippen LogP) is 4.56. The van der Waals surface area contributed by atoms with E-state index in [0.717, 1.165) is 39.3 Å². The summed E-state index contributed by atoms with van der Waals surface area (Å²) in [7, 11) is 3.29. The first-order valence-electron chi connectivity index (χ1n) is 11.0. The largest absolute Gasteiger partial charge is 0.497 e. The number of ether oxygens (including phenoxy) is 3. The molecule has 4 aromatic rings. The maximum Gasteiger partial charge on any atom is 0.226 e. The van der Waals surface area contributed by atoms with Gasteiger partial charge in [-0.2, -0.15) is 10.1 Å². The summed E-state index contributed by atoms with van der Waals surface area (Å²) in [6.45, 7) is 2.07. The molecule has 4 heterocycles. The molecule has 0 spiro atoms. The first kappa shape index (κ1) is 20.3. The van der Waals surface area contributed by atoms with Crippen molar-refractivity contribution in [3.8, 4) is 17.2 Å². The summed E-state index contributed by atoms with van der Waals surface area (Å²) in [4.78, 5) is 8.86. The van der Waals surface area contributed by atoms with Crippen molar-refractivity contribution in [3.05, 3.63) is 95.1 Å². The van der Waals surface area contributed by atoms with Crippen molar-refractivity contribution >= 4 is 11.6 Å². The highest BCUT2D eigenvalue weighted by Crippen LogP contribution is 2.52. The molecule has 2 atom stereocenters. The monoisotopic (exact) mass is 453 g/mol. The van der Waals surface area contributed by atoms with E-state index in [1.165, 1.54) is 0 Å². The molecule has 0 saturated heterocycles. The zero-order chi connectivity index (χ0) is 23.2. The van der Waals surface area contributed by atoms with Crippen LogP contribution in [0.25, 0.3) is 5.70 Å². The van der Waals surface area contributed by atoms with Gasteiger partial charge in [0.15, 0.2) is 6.10 Å². The third-order valence-corrected chi connectivity index (χ3v) is 6.29. The van der Waals surface area contributed by atoms with Gasteiger partial charge in [-0.05, 0) is 42.8 Å². The van der Waals surface area contributed by atoms with Gasteiger partial charge in [-0.1, -0.05) is 17.7 Å². The Morgan fingerprint density at radius 3 is 2.76 bits per heavy atom. The summed E-state index contributed by atoms with van der Waals surface area (Å²) in [5.41, 5.74) is 5.97. The molecule has 0 radical (unpaired) electrons. The smallest absolute Gasteiger partial charge is 0.226 e. The number of aryl methyl sites for hydroxylation is 1. The number of pyridine rings is 1. The van der Waals surface area contributed by atoms with Crippen molar-refractivity contribution in [1.29, 1.82) is 0 Å². The number of anilines is 1. The minimum atomic E-state index is -0.443. The van der Waals surface area contributed by atoms with Crippen LogP contribution in [0.1, 0.15) is 34.4 Å². The van der Waals surface area contributed by atoms with E-state index in [4.69, 9.17) is 14.2 Å². The number of aromatic nitrogens is 4. The zero-order valence-electron chi connectivity index (χ0n) is 19.0. The molecule has 0 fully saturated rings. The summed E-state index contributed by atoms with van der Waals surface area (Å²) in [6.07, 6.45) is 4.74. The Labute approximate surface area is 196 Å². The second-order valence-electron chi connectivity index (χ2n) is 8.28. The Morgan fingerprint density at radius 2 is 1.97 bits per heavy atom. The van der Waals surface area contributed by atoms with Crippen molar-refractivity contribution in [1.82, 2.24) is 19.7 Å². The summed E-state index contributed by atoms with van der Waals surface area (Å²) in [5, 5.41) is 8.08. The molecule has 34 heavy (non-hydrogen) atoms. The second-order valence-corrected chi connectivity index (χ2v) is 8.28. The fraction of sp³-hybridized carbons (Fsp3) is 0.192. The zero-order valence-corrected chi connectivity index (χ0v) is 19.0. The van der Waals surface area contributed by atoms with Crippen LogP contribution in [0.5, 0.6) is 17.2 Å². The Bertz CT molecular complexity index is 1410. The van der Waals surface area contributed by atoms with Gasteiger partial charge in [0.2, 0.25) is 5.95 Å². The Hall–Kier alpha value is -4.33. The van der Waals surface area contributed by atoms with E-state index in [-0.39, 0.29) is 6.04 Å². The normalized spacial score (nSPS) is 18.2. The van der Waals surface area contributed by atoms with Gasteiger partial charge < -0.3 is 19.5 Å². The predicted molar refractivity (Wildman–Crippen MR) is 127 cm³/mol. The number of nitrogens with zero attached hydrogens (tertiary/aromatic N) is 4. The molecule has 0 amide bonds. The lowest BCUT2D eigenvalue weighted by atomic mass is 9.84. The van der Waals surface area contributed by atoms with Crippen molar-refractivity contribution in [3.63, 3.8) is 0 Å². The lowest BCUT2D eigenvalue weighted by Crippen LogP contribution is -2.32. The highest BCUT2D eigenvalue weighted by atomic mass is 16.5. The molecule has 8 nitrogen and oxygen atoms in total. The van der Waals surface area contributed by atoms with Gasteiger partial charge in [0.1, 0.15) is 29.6 Å². The lowest BCUT2D eigenvalue weighted by molar-refractivity contribution is 0.217. The maximum atomic E-state index is 6.70. The minimum Gasteiger partial charge on any atom is -0.497 e. The number of fused-ring (bicyclic) bond motifs is 3. The van der Waals surface area contributed by atoms with E-state index in [1.807, 2.05) is 47.3 Å². The molecular weight excluding hydrogens is 430 g/mol. The lowest BCUT2D eigenvalue weighted by Gasteiger charge is -2.39. The topological polar surface area (TPSA) is 83.3 Å². The number of hydrogen-bond donors (Lipinski definition) is 1. The Balaban J connectivity index is 1.64. The molecule has 2 aliphatic heterocycles. The highest BCUT2D eigenvalue weighted by molar-refractivity contribution is 5.85. The molecule has 2 aliphatic rings. The number of rotatable bonds is 4. The van der Waals surface area contributed by atoms with Gasteiger partial charge in [-0.15, -0.1) is 0 Å². The Kier molecular flexibility index (Phi) is 4.72. The summed E-state index contributed by atoms with van der Waals surface area (Å²) < 4.78 is 19.8.